The summed E-state index contributed by atoms with van der Waals surface area (Å²) in [7, 11) is 1.36. The van der Waals surface area contributed by atoms with Crippen molar-refractivity contribution in [3.63, 3.8) is 0 Å². The van der Waals surface area contributed by atoms with Gasteiger partial charge >= 0.3 is 5.97 Å². The van der Waals surface area contributed by atoms with Gasteiger partial charge in [-0.2, -0.15) is 0 Å². The van der Waals surface area contributed by atoms with E-state index in [1.165, 1.54) is 7.11 Å². The third kappa shape index (κ3) is 3.61. The first kappa shape index (κ1) is 15.1. The molecule has 2 aromatic carbocycles. The van der Waals surface area contributed by atoms with Crippen molar-refractivity contribution in [2.24, 2.45) is 0 Å². The minimum Gasteiger partial charge on any atom is -0.487 e. The molecule has 0 aromatic heterocycles. The molecule has 0 aliphatic carbocycles. The number of carbonyl (C=O) groups is 1. The molecule has 0 saturated carbocycles. The van der Waals surface area contributed by atoms with E-state index in [9.17, 15) is 4.79 Å². The fraction of sp³-hybridized carbons (Fsp3) is 0.133. The molecule has 20 heavy (non-hydrogen) atoms. The van der Waals surface area contributed by atoms with Crippen LogP contribution in [0.15, 0.2) is 51.4 Å². The van der Waals surface area contributed by atoms with Crippen molar-refractivity contribution in [1.82, 2.24) is 0 Å². The number of carbonyl (C=O) groups excluding carboxylic acids is 1. The highest BCUT2D eigenvalue weighted by Crippen LogP contribution is 2.33. The lowest BCUT2D eigenvalue weighted by molar-refractivity contribution is 0.0600. The van der Waals surface area contributed by atoms with Crippen LogP contribution in [0, 0.1) is 0 Å². The lowest BCUT2D eigenvalue weighted by atomic mass is 10.1. The molecule has 0 saturated heterocycles. The molecule has 0 N–H and O–H groups in total. The smallest absolute Gasteiger partial charge is 0.337 e. The Hall–Kier alpha value is -1.33. The zero-order chi connectivity index (χ0) is 14.5. The van der Waals surface area contributed by atoms with Crippen LogP contribution in [0.3, 0.4) is 0 Å². The van der Waals surface area contributed by atoms with Crippen molar-refractivity contribution in [2.75, 3.05) is 7.11 Å². The molecule has 0 aliphatic rings. The molecular weight excluding hydrogens is 388 g/mol. The second-order valence-electron chi connectivity index (χ2n) is 4.03. The van der Waals surface area contributed by atoms with E-state index < -0.39 is 0 Å². The highest BCUT2D eigenvalue weighted by atomic mass is 79.9. The fourth-order valence-electron chi connectivity index (χ4n) is 1.63. The summed E-state index contributed by atoms with van der Waals surface area (Å²) in [5.74, 6) is 0.413. The molecular formula is C15H12Br2O3. The zero-order valence-electron chi connectivity index (χ0n) is 10.7. The molecule has 0 heterocycles. The van der Waals surface area contributed by atoms with Gasteiger partial charge in [0.2, 0.25) is 0 Å². The number of methoxy groups -OCH3 is 1. The standard InChI is InChI=1S/C15H12Br2O3/c1-19-15(18)11-7-5-10(6-8-11)9-20-14-12(16)3-2-4-13(14)17/h2-8H,9H2,1H3. The van der Waals surface area contributed by atoms with E-state index in [2.05, 4.69) is 36.6 Å². The first-order valence-electron chi connectivity index (χ1n) is 5.86. The first-order valence-corrected chi connectivity index (χ1v) is 7.44. The van der Waals surface area contributed by atoms with Gasteiger partial charge in [-0.15, -0.1) is 0 Å². The molecule has 0 aliphatic heterocycles. The molecule has 0 fully saturated rings. The SMILES string of the molecule is COC(=O)c1ccc(COc2c(Br)cccc2Br)cc1. The number of esters is 1. The van der Waals surface area contributed by atoms with Gasteiger partial charge in [-0.3, -0.25) is 0 Å². The molecule has 5 heteroatoms. The Balaban J connectivity index is 2.06. The summed E-state index contributed by atoms with van der Waals surface area (Å²) in [6, 6.07) is 12.9. The van der Waals surface area contributed by atoms with Gasteiger partial charge in [0, 0.05) is 0 Å². The Morgan fingerprint density at radius 3 is 2.20 bits per heavy atom. The minimum absolute atomic E-state index is 0.342. The zero-order valence-corrected chi connectivity index (χ0v) is 13.9. The van der Waals surface area contributed by atoms with E-state index in [0.29, 0.717) is 12.2 Å². The number of hydrogen-bond acceptors (Lipinski definition) is 3. The summed E-state index contributed by atoms with van der Waals surface area (Å²) in [4.78, 5) is 11.3. The molecule has 3 nitrogen and oxygen atoms in total. The summed E-state index contributed by atoms with van der Waals surface area (Å²) < 4.78 is 12.2. The van der Waals surface area contributed by atoms with Crippen LogP contribution in [-0.4, -0.2) is 13.1 Å². The predicted octanol–water partition coefficient (Wildman–Crippen LogP) is 4.58. The number of hydrogen-bond donors (Lipinski definition) is 0. The second kappa shape index (κ2) is 6.90. The van der Waals surface area contributed by atoms with Crippen LogP contribution in [0.25, 0.3) is 0 Å². The van der Waals surface area contributed by atoms with E-state index in [1.807, 2.05) is 30.3 Å². The molecule has 0 bridgehead atoms. The van der Waals surface area contributed by atoms with Crippen LogP contribution in [0.2, 0.25) is 0 Å². The average molecular weight is 400 g/mol. The van der Waals surface area contributed by atoms with Crippen molar-refractivity contribution in [3.8, 4) is 5.75 Å². The Bertz CT molecular complexity index is 589. The van der Waals surface area contributed by atoms with Gasteiger partial charge in [0.05, 0.1) is 21.6 Å². The second-order valence-corrected chi connectivity index (χ2v) is 5.74. The maximum atomic E-state index is 11.3. The predicted molar refractivity (Wildman–Crippen MR) is 84.0 cm³/mol. The Kier molecular flexibility index (Phi) is 5.20. The molecule has 2 rings (SSSR count). The number of ether oxygens (including phenoxy) is 2. The Morgan fingerprint density at radius 1 is 1.05 bits per heavy atom. The molecule has 0 radical (unpaired) electrons. The van der Waals surface area contributed by atoms with Gasteiger partial charge in [-0.05, 0) is 61.7 Å². The van der Waals surface area contributed by atoms with E-state index in [1.54, 1.807) is 12.1 Å². The summed E-state index contributed by atoms with van der Waals surface area (Å²) >= 11 is 6.89. The quantitative estimate of drug-likeness (QED) is 0.706. The van der Waals surface area contributed by atoms with E-state index in [0.717, 1.165) is 20.3 Å². The molecule has 2 aromatic rings. The van der Waals surface area contributed by atoms with Crippen LogP contribution in [-0.2, 0) is 11.3 Å². The Labute approximate surface area is 134 Å². The van der Waals surface area contributed by atoms with Crippen molar-refractivity contribution in [2.45, 2.75) is 6.61 Å². The molecule has 0 spiro atoms. The lowest BCUT2D eigenvalue weighted by Crippen LogP contribution is -2.02. The van der Waals surface area contributed by atoms with Crippen molar-refractivity contribution in [1.29, 1.82) is 0 Å². The van der Waals surface area contributed by atoms with Gasteiger partial charge in [-0.1, -0.05) is 18.2 Å². The summed E-state index contributed by atoms with van der Waals surface area (Å²) in [6.45, 7) is 0.419. The average Bonchev–Trinajstić information content (AvgIpc) is 2.46. The highest BCUT2D eigenvalue weighted by molar-refractivity contribution is 9.11. The fourth-order valence-corrected chi connectivity index (χ4v) is 2.86. The van der Waals surface area contributed by atoms with Crippen LogP contribution in [0.1, 0.15) is 15.9 Å². The van der Waals surface area contributed by atoms with Gasteiger partial charge < -0.3 is 9.47 Å². The third-order valence-electron chi connectivity index (χ3n) is 2.68. The minimum atomic E-state index is -0.342. The maximum absolute atomic E-state index is 11.3. The van der Waals surface area contributed by atoms with Crippen LogP contribution in [0.5, 0.6) is 5.75 Å². The van der Waals surface area contributed by atoms with E-state index in [-0.39, 0.29) is 5.97 Å². The number of rotatable bonds is 4. The first-order chi connectivity index (χ1) is 9.61. The number of halogens is 2. The third-order valence-corrected chi connectivity index (χ3v) is 3.93. The molecule has 0 amide bonds. The monoisotopic (exact) mass is 398 g/mol. The largest absolute Gasteiger partial charge is 0.487 e. The van der Waals surface area contributed by atoms with E-state index in [4.69, 9.17) is 4.74 Å². The highest BCUT2D eigenvalue weighted by Gasteiger charge is 2.07. The summed E-state index contributed by atoms with van der Waals surface area (Å²) in [5.41, 5.74) is 1.50. The normalized spacial score (nSPS) is 10.2. The number of para-hydroxylation sites is 1. The Morgan fingerprint density at radius 2 is 1.65 bits per heavy atom. The van der Waals surface area contributed by atoms with Gasteiger partial charge in [0.25, 0.3) is 0 Å². The maximum Gasteiger partial charge on any atom is 0.337 e. The van der Waals surface area contributed by atoms with Gasteiger partial charge in [0.15, 0.2) is 0 Å². The van der Waals surface area contributed by atoms with Crippen molar-refractivity contribution in [3.05, 3.63) is 62.5 Å². The summed E-state index contributed by atoms with van der Waals surface area (Å²) in [5, 5.41) is 0. The topological polar surface area (TPSA) is 35.5 Å². The van der Waals surface area contributed by atoms with Crippen molar-refractivity contribution < 1.29 is 14.3 Å². The van der Waals surface area contributed by atoms with Crippen LogP contribution < -0.4 is 4.74 Å². The van der Waals surface area contributed by atoms with E-state index >= 15 is 0 Å². The van der Waals surface area contributed by atoms with Gasteiger partial charge in [0.1, 0.15) is 12.4 Å². The lowest BCUT2D eigenvalue weighted by Gasteiger charge is -2.10. The van der Waals surface area contributed by atoms with Crippen molar-refractivity contribution >= 4 is 37.8 Å². The van der Waals surface area contributed by atoms with Crippen LogP contribution in [0.4, 0.5) is 0 Å². The molecule has 0 atom stereocenters. The summed E-state index contributed by atoms with van der Waals surface area (Å²) in [6.07, 6.45) is 0. The number of benzene rings is 2. The molecule has 104 valence electrons. The van der Waals surface area contributed by atoms with Crippen LogP contribution >= 0.6 is 31.9 Å². The molecule has 0 unspecified atom stereocenters. The van der Waals surface area contributed by atoms with Gasteiger partial charge in [-0.25, -0.2) is 4.79 Å².